The summed E-state index contributed by atoms with van der Waals surface area (Å²) in [4.78, 5) is 24.8. The summed E-state index contributed by atoms with van der Waals surface area (Å²) in [6.45, 7) is 0. The molecule has 0 spiro atoms. The van der Waals surface area contributed by atoms with Crippen LogP contribution in [0.3, 0.4) is 0 Å². The Balaban J connectivity index is 1.49. The highest BCUT2D eigenvalue weighted by molar-refractivity contribution is 6.32. The summed E-state index contributed by atoms with van der Waals surface area (Å²) in [7, 11) is 1.56. The second kappa shape index (κ2) is 8.62. The maximum absolute atomic E-state index is 14.0. The number of fused-ring (bicyclic) bond motifs is 1. The van der Waals surface area contributed by atoms with Gasteiger partial charge in [-0.2, -0.15) is 0 Å². The highest BCUT2D eigenvalue weighted by Gasteiger charge is 2.28. The SMILES string of the molecule is COc1ccc(CC(=O)Oc2ccc3c(c2)O/C(=C\c2c(F)cccc2Cl)C3=O)cc1. The number of allylic oxidation sites excluding steroid dienone is 1. The average molecular weight is 439 g/mol. The molecule has 0 atom stereocenters. The molecule has 0 N–H and O–H groups in total. The first-order valence-electron chi connectivity index (χ1n) is 9.30. The highest BCUT2D eigenvalue weighted by atomic mass is 35.5. The van der Waals surface area contributed by atoms with Crippen molar-refractivity contribution in [1.82, 2.24) is 0 Å². The molecule has 0 radical (unpaired) electrons. The fourth-order valence-corrected chi connectivity index (χ4v) is 3.31. The molecular formula is C24H16ClFO5. The first kappa shape index (κ1) is 20.6. The number of hydrogen-bond acceptors (Lipinski definition) is 5. The number of carbonyl (C=O) groups is 2. The number of carbonyl (C=O) groups excluding carboxylic acids is 2. The number of Topliss-reactive ketones (excluding diaryl/α,β-unsaturated/α-hetero) is 1. The third-order valence-corrected chi connectivity index (χ3v) is 4.99. The molecule has 0 fully saturated rings. The second-order valence-electron chi connectivity index (χ2n) is 6.73. The lowest BCUT2D eigenvalue weighted by Gasteiger charge is -2.06. The first-order valence-corrected chi connectivity index (χ1v) is 9.68. The molecule has 0 aromatic heterocycles. The van der Waals surface area contributed by atoms with Crippen molar-refractivity contribution in [3.8, 4) is 17.2 Å². The van der Waals surface area contributed by atoms with Crippen LogP contribution in [0.1, 0.15) is 21.5 Å². The van der Waals surface area contributed by atoms with E-state index in [0.717, 1.165) is 5.56 Å². The smallest absolute Gasteiger partial charge is 0.315 e. The average Bonchev–Trinajstić information content (AvgIpc) is 3.06. The van der Waals surface area contributed by atoms with E-state index in [1.54, 1.807) is 31.4 Å². The van der Waals surface area contributed by atoms with E-state index in [2.05, 4.69) is 0 Å². The lowest BCUT2D eigenvalue weighted by molar-refractivity contribution is -0.133. The number of esters is 1. The van der Waals surface area contributed by atoms with E-state index in [1.165, 1.54) is 42.5 Å². The van der Waals surface area contributed by atoms with Gasteiger partial charge in [-0.05, 0) is 48.0 Å². The van der Waals surface area contributed by atoms with Gasteiger partial charge in [0.15, 0.2) is 5.76 Å². The largest absolute Gasteiger partial charge is 0.497 e. The van der Waals surface area contributed by atoms with E-state index in [1.807, 2.05) is 0 Å². The van der Waals surface area contributed by atoms with Crippen LogP contribution in [-0.4, -0.2) is 18.9 Å². The van der Waals surface area contributed by atoms with Crippen LogP contribution in [-0.2, 0) is 11.2 Å². The van der Waals surface area contributed by atoms with Gasteiger partial charge in [-0.1, -0.05) is 29.8 Å². The summed E-state index contributed by atoms with van der Waals surface area (Å²) < 4.78 is 30.1. The van der Waals surface area contributed by atoms with Gasteiger partial charge in [0.05, 0.1) is 24.1 Å². The molecule has 0 amide bonds. The molecule has 0 unspecified atom stereocenters. The van der Waals surface area contributed by atoms with Crippen LogP contribution in [0.4, 0.5) is 4.39 Å². The van der Waals surface area contributed by atoms with E-state index in [9.17, 15) is 14.0 Å². The third kappa shape index (κ3) is 4.44. The molecule has 156 valence electrons. The molecule has 3 aromatic rings. The third-order valence-electron chi connectivity index (χ3n) is 4.66. The van der Waals surface area contributed by atoms with Crippen LogP contribution in [0.25, 0.3) is 6.08 Å². The molecule has 1 aliphatic rings. The van der Waals surface area contributed by atoms with Crippen molar-refractivity contribution in [2.24, 2.45) is 0 Å². The zero-order chi connectivity index (χ0) is 22.0. The molecule has 0 bridgehead atoms. The van der Waals surface area contributed by atoms with Gasteiger partial charge in [0.2, 0.25) is 5.78 Å². The highest BCUT2D eigenvalue weighted by Crippen LogP contribution is 2.36. The Hall–Kier alpha value is -3.64. The van der Waals surface area contributed by atoms with Crippen LogP contribution >= 0.6 is 11.6 Å². The molecule has 0 saturated heterocycles. The van der Waals surface area contributed by atoms with Crippen molar-refractivity contribution in [3.63, 3.8) is 0 Å². The van der Waals surface area contributed by atoms with E-state index < -0.39 is 17.6 Å². The van der Waals surface area contributed by atoms with Crippen LogP contribution in [0.15, 0.2) is 66.4 Å². The first-order chi connectivity index (χ1) is 14.9. The van der Waals surface area contributed by atoms with Crippen molar-refractivity contribution in [3.05, 3.63) is 94.0 Å². The number of rotatable bonds is 5. The van der Waals surface area contributed by atoms with E-state index in [-0.39, 0.29) is 39.8 Å². The van der Waals surface area contributed by atoms with Crippen LogP contribution < -0.4 is 14.2 Å². The molecule has 5 nitrogen and oxygen atoms in total. The standard InChI is InChI=1S/C24H16ClFO5/c1-29-15-7-5-14(6-8-15)11-23(27)30-16-9-10-17-21(12-16)31-22(24(17)28)13-18-19(25)3-2-4-20(18)26/h2-10,12-13H,11H2,1H3/b22-13-. The minimum absolute atomic E-state index is 0.0615. The Kier molecular flexibility index (Phi) is 5.73. The Morgan fingerprint density at radius 1 is 1.10 bits per heavy atom. The van der Waals surface area contributed by atoms with E-state index >= 15 is 0 Å². The van der Waals surface area contributed by atoms with Gasteiger partial charge in [0.25, 0.3) is 0 Å². The predicted octanol–water partition coefficient (Wildman–Crippen LogP) is 5.25. The number of benzene rings is 3. The van der Waals surface area contributed by atoms with Crippen LogP contribution in [0, 0.1) is 5.82 Å². The van der Waals surface area contributed by atoms with Crippen molar-refractivity contribution in [2.75, 3.05) is 7.11 Å². The monoisotopic (exact) mass is 438 g/mol. The van der Waals surface area contributed by atoms with Gasteiger partial charge in [0.1, 0.15) is 23.1 Å². The fraction of sp³-hybridized carbons (Fsp3) is 0.0833. The predicted molar refractivity (Wildman–Crippen MR) is 113 cm³/mol. The molecule has 1 heterocycles. The molecule has 1 aliphatic heterocycles. The number of methoxy groups -OCH3 is 1. The Morgan fingerprint density at radius 3 is 2.55 bits per heavy atom. The quantitative estimate of drug-likeness (QED) is 0.309. The summed E-state index contributed by atoms with van der Waals surface area (Å²) in [5.74, 6) is -0.371. The summed E-state index contributed by atoms with van der Waals surface area (Å²) in [5.41, 5.74) is 1.12. The molecule has 3 aromatic carbocycles. The Morgan fingerprint density at radius 2 is 1.84 bits per heavy atom. The summed E-state index contributed by atoms with van der Waals surface area (Å²) in [5, 5.41) is 0.160. The van der Waals surface area contributed by atoms with Crippen molar-refractivity contribution in [1.29, 1.82) is 0 Å². The van der Waals surface area contributed by atoms with Crippen LogP contribution in [0.5, 0.6) is 17.2 Å². The molecule has 7 heteroatoms. The number of halogens is 2. The molecule has 0 saturated carbocycles. The number of ether oxygens (including phenoxy) is 3. The maximum atomic E-state index is 14.0. The minimum Gasteiger partial charge on any atom is -0.497 e. The van der Waals surface area contributed by atoms with Crippen molar-refractivity contribution in [2.45, 2.75) is 6.42 Å². The zero-order valence-electron chi connectivity index (χ0n) is 16.4. The van der Waals surface area contributed by atoms with Gasteiger partial charge in [0, 0.05) is 11.6 Å². The summed E-state index contributed by atoms with van der Waals surface area (Å²) in [6, 6.07) is 15.7. The van der Waals surface area contributed by atoms with Gasteiger partial charge >= 0.3 is 5.97 Å². The molecule has 4 rings (SSSR count). The zero-order valence-corrected chi connectivity index (χ0v) is 17.1. The van der Waals surface area contributed by atoms with Gasteiger partial charge in [-0.15, -0.1) is 0 Å². The lowest BCUT2D eigenvalue weighted by Crippen LogP contribution is -2.11. The molecule has 0 aliphatic carbocycles. The number of ketones is 1. The van der Waals surface area contributed by atoms with Crippen molar-refractivity contribution >= 4 is 29.4 Å². The van der Waals surface area contributed by atoms with E-state index in [0.29, 0.717) is 5.75 Å². The topological polar surface area (TPSA) is 61.8 Å². The number of hydrogen-bond donors (Lipinski definition) is 0. The molecule has 31 heavy (non-hydrogen) atoms. The lowest BCUT2D eigenvalue weighted by atomic mass is 10.1. The minimum atomic E-state index is -0.569. The Labute approximate surface area is 182 Å². The van der Waals surface area contributed by atoms with Gasteiger partial charge in [-0.25, -0.2) is 4.39 Å². The summed E-state index contributed by atoms with van der Waals surface area (Å²) >= 11 is 6.02. The Bertz CT molecular complexity index is 1180. The summed E-state index contributed by atoms with van der Waals surface area (Å²) in [6.07, 6.45) is 1.33. The second-order valence-corrected chi connectivity index (χ2v) is 7.14. The van der Waals surface area contributed by atoms with Gasteiger partial charge in [-0.3, -0.25) is 9.59 Å². The fourth-order valence-electron chi connectivity index (χ4n) is 3.09. The van der Waals surface area contributed by atoms with Crippen molar-refractivity contribution < 1.29 is 28.2 Å². The molecular weight excluding hydrogens is 423 g/mol. The van der Waals surface area contributed by atoms with Gasteiger partial charge < -0.3 is 14.2 Å². The normalized spacial score (nSPS) is 13.6. The van der Waals surface area contributed by atoms with E-state index in [4.69, 9.17) is 25.8 Å². The maximum Gasteiger partial charge on any atom is 0.315 e. The van der Waals surface area contributed by atoms with Crippen LogP contribution in [0.2, 0.25) is 5.02 Å².